The summed E-state index contributed by atoms with van der Waals surface area (Å²) in [4.78, 5) is 24.7. The van der Waals surface area contributed by atoms with Crippen LogP contribution in [-0.2, 0) is 9.59 Å². The fraction of sp³-hybridized carbons (Fsp3) is 0.615. The fourth-order valence-electron chi connectivity index (χ4n) is 1.69. The number of amides is 2. The average molecular weight is 300 g/mol. The molecule has 19 heavy (non-hydrogen) atoms. The third-order valence-electron chi connectivity index (χ3n) is 2.80. The highest BCUT2D eigenvalue weighted by atomic mass is 32.2. The number of carbonyl (C=O) groups excluding carboxylic acids is 2. The number of hydrogen-bond donors (Lipinski definition) is 1. The third-order valence-corrected chi connectivity index (χ3v) is 4.23. The SMILES string of the molecule is C=C(C)C(=O)NCCCCCC(=O)N1CCSC1=S. The van der Waals surface area contributed by atoms with E-state index >= 15 is 0 Å². The third kappa shape index (κ3) is 5.74. The Balaban J connectivity index is 2.05. The van der Waals surface area contributed by atoms with Gasteiger partial charge < -0.3 is 5.32 Å². The summed E-state index contributed by atoms with van der Waals surface area (Å²) in [6, 6.07) is 0. The Morgan fingerprint density at radius 2 is 2.16 bits per heavy atom. The van der Waals surface area contributed by atoms with Crippen LogP contribution >= 0.6 is 24.0 Å². The maximum Gasteiger partial charge on any atom is 0.246 e. The van der Waals surface area contributed by atoms with E-state index in [0.29, 0.717) is 22.9 Å². The van der Waals surface area contributed by atoms with Crippen molar-refractivity contribution < 1.29 is 9.59 Å². The van der Waals surface area contributed by atoms with Crippen LogP contribution in [0.3, 0.4) is 0 Å². The van der Waals surface area contributed by atoms with Crippen molar-refractivity contribution in [2.45, 2.75) is 32.6 Å². The molecule has 0 aromatic heterocycles. The van der Waals surface area contributed by atoms with Crippen molar-refractivity contribution >= 4 is 40.1 Å². The summed E-state index contributed by atoms with van der Waals surface area (Å²) in [6.07, 6.45) is 3.18. The van der Waals surface area contributed by atoms with Crippen molar-refractivity contribution in [3.8, 4) is 0 Å². The van der Waals surface area contributed by atoms with Crippen LogP contribution in [0.5, 0.6) is 0 Å². The summed E-state index contributed by atoms with van der Waals surface area (Å²) in [6.45, 7) is 6.64. The largest absolute Gasteiger partial charge is 0.352 e. The Labute approximate surface area is 124 Å². The molecule has 1 saturated heterocycles. The highest BCUT2D eigenvalue weighted by Gasteiger charge is 2.23. The topological polar surface area (TPSA) is 49.4 Å². The van der Waals surface area contributed by atoms with Crippen molar-refractivity contribution in [2.75, 3.05) is 18.8 Å². The highest BCUT2D eigenvalue weighted by molar-refractivity contribution is 8.23. The van der Waals surface area contributed by atoms with E-state index in [4.69, 9.17) is 12.2 Å². The molecule has 0 bridgehead atoms. The van der Waals surface area contributed by atoms with Gasteiger partial charge in [-0.05, 0) is 19.8 Å². The molecule has 1 heterocycles. The quantitative estimate of drug-likeness (QED) is 0.444. The number of thioether (sulfide) groups is 1. The molecule has 0 unspecified atom stereocenters. The van der Waals surface area contributed by atoms with E-state index in [9.17, 15) is 9.59 Å². The van der Waals surface area contributed by atoms with E-state index in [2.05, 4.69) is 11.9 Å². The first-order valence-corrected chi connectivity index (χ1v) is 7.82. The summed E-state index contributed by atoms with van der Waals surface area (Å²) in [5.74, 6) is 0.939. The Hall–Kier alpha value is -0.880. The van der Waals surface area contributed by atoms with Crippen LogP contribution < -0.4 is 5.32 Å². The lowest BCUT2D eigenvalue weighted by Crippen LogP contribution is -2.30. The molecule has 0 saturated carbocycles. The first-order valence-electron chi connectivity index (χ1n) is 6.43. The minimum absolute atomic E-state index is 0.101. The molecular formula is C13H20N2O2S2. The van der Waals surface area contributed by atoms with Gasteiger partial charge in [-0.25, -0.2) is 0 Å². The van der Waals surface area contributed by atoms with E-state index in [-0.39, 0.29) is 11.8 Å². The number of unbranched alkanes of at least 4 members (excludes halogenated alkanes) is 2. The normalized spacial score (nSPS) is 14.6. The number of nitrogens with one attached hydrogen (secondary N) is 1. The monoisotopic (exact) mass is 300 g/mol. The van der Waals surface area contributed by atoms with Gasteiger partial charge >= 0.3 is 0 Å². The van der Waals surface area contributed by atoms with Gasteiger partial charge in [-0.1, -0.05) is 37.0 Å². The lowest BCUT2D eigenvalue weighted by molar-refractivity contribution is -0.127. The Morgan fingerprint density at radius 1 is 1.42 bits per heavy atom. The molecule has 0 aromatic rings. The molecular weight excluding hydrogens is 280 g/mol. The smallest absolute Gasteiger partial charge is 0.246 e. The zero-order valence-electron chi connectivity index (χ0n) is 11.2. The Morgan fingerprint density at radius 3 is 2.74 bits per heavy atom. The van der Waals surface area contributed by atoms with Crippen LogP contribution in [-0.4, -0.2) is 39.9 Å². The molecule has 2 amide bonds. The molecule has 0 radical (unpaired) electrons. The molecule has 1 rings (SSSR count). The lowest BCUT2D eigenvalue weighted by Gasteiger charge is -2.14. The number of carbonyl (C=O) groups is 2. The molecule has 106 valence electrons. The fourth-order valence-corrected chi connectivity index (χ4v) is 2.93. The predicted octanol–water partition coefficient (Wildman–Crippen LogP) is 2.10. The van der Waals surface area contributed by atoms with Crippen LogP contribution in [0, 0.1) is 0 Å². The van der Waals surface area contributed by atoms with Gasteiger partial charge in [0.15, 0.2) is 0 Å². The summed E-state index contributed by atoms with van der Waals surface area (Å²) in [5, 5.41) is 2.77. The average Bonchev–Trinajstić information content (AvgIpc) is 2.79. The molecule has 1 aliphatic heterocycles. The van der Waals surface area contributed by atoms with Crippen molar-refractivity contribution in [1.82, 2.24) is 10.2 Å². The molecule has 4 nitrogen and oxygen atoms in total. The molecule has 1 fully saturated rings. The zero-order valence-corrected chi connectivity index (χ0v) is 12.9. The van der Waals surface area contributed by atoms with Crippen molar-refractivity contribution in [3.63, 3.8) is 0 Å². The summed E-state index contributed by atoms with van der Waals surface area (Å²) < 4.78 is 0.707. The summed E-state index contributed by atoms with van der Waals surface area (Å²) in [7, 11) is 0. The van der Waals surface area contributed by atoms with Crippen LogP contribution in [0.2, 0.25) is 0 Å². The molecule has 0 aliphatic carbocycles. The first kappa shape index (κ1) is 16.2. The maximum absolute atomic E-state index is 11.8. The Kier molecular flexibility index (Phi) is 7.09. The number of thiocarbonyl (C=S) groups is 1. The molecule has 1 N–H and O–H groups in total. The predicted molar refractivity (Wildman–Crippen MR) is 83.1 cm³/mol. The van der Waals surface area contributed by atoms with Gasteiger partial charge in [-0.3, -0.25) is 14.5 Å². The number of rotatable bonds is 7. The summed E-state index contributed by atoms with van der Waals surface area (Å²) in [5.41, 5.74) is 0.523. The van der Waals surface area contributed by atoms with Crippen molar-refractivity contribution in [3.05, 3.63) is 12.2 Å². The van der Waals surface area contributed by atoms with Crippen molar-refractivity contribution in [1.29, 1.82) is 0 Å². The van der Waals surface area contributed by atoms with Crippen molar-refractivity contribution in [2.24, 2.45) is 0 Å². The minimum atomic E-state index is -0.101. The van der Waals surface area contributed by atoms with Gasteiger partial charge in [0, 0.05) is 30.8 Å². The van der Waals surface area contributed by atoms with Crippen LogP contribution in [0.1, 0.15) is 32.6 Å². The number of hydrogen-bond acceptors (Lipinski definition) is 4. The van der Waals surface area contributed by atoms with E-state index in [1.54, 1.807) is 23.6 Å². The standard InChI is InChI=1S/C13H20N2O2S2/c1-10(2)12(17)14-7-5-3-4-6-11(16)15-8-9-19-13(15)18/h1,3-9H2,2H3,(H,14,17). The molecule has 6 heteroatoms. The highest BCUT2D eigenvalue weighted by Crippen LogP contribution is 2.19. The second-order valence-corrected chi connectivity index (χ2v) is 6.24. The van der Waals surface area contributed by atoms with Gasteiger partial charge in [0.1, 0.15) is 4.32 Å². The van der Waals surface area contributed by atoms with Gasteiger partial charge in [0.05, 0.1) is 0 Å². The molecule has 0 spiro atoms. The molecule has 0 aromatic carbocycles. The van der Waals surface area contributed by atoms with E-state index in [0.717, 1.165) is 31.6 Å². The second-order valence-electron chi connectivity index (χ2n) is 4.51. The van der Waals surface area contributed by atoms with Gasteiger partial charge in [-0.2, -0.15) is 0 Å². The van der Waals surface area contributed by atoms with E-state index < -0.39 is 0 Å². The van der Waals surface area contributed by atoms with E-state index in [1.807, 2.05) is 0 Å². The maximum atomic E-state index is 11.8. The van der Waals surface area contributed by atoms with Crippen LogP contribution in [0.25, 0.3) is 0 Å². The van der Waals surface area contributed by atoms with Gasteiger partial charge in [0.25, 0.3) is 0 Å². The molecule has 0 atom stereocenters. The zero-order chi connectivity index (χ0) is 14.3. The van der Waals surface area contributed by atoms with E-state index in [1.165, 1.54) is 0 Å². The van der Waals surface area contributed by atoms with Gasteiger partial charge in [0.2, 0.25) is 11.8 Å². The lowest BCUT2D eigenvalue weighted by atomic mass is 10.2. The van der Waals surface area contributed by atoms with Gasteiger partial charge in [-0.15, -0.1) is 0 Å². The van der Waals surface area contributed by atoms with Crippen LogP contribution in [0.15, 0.2) is 12.2 Å². The molecule has 1 aliphatic rings. The first-order chi connectivity index (χ1) is 9.02. The number of nitrogens with zero attached hydrogens (tertiary/aromatic N) is 1. The summed E-state index contributed by atoms with van der Waals surface area (Å²) >= 11 is 6.67. The second kappa shape index (κ2) is 8.32. The Bertz CT molecular complexity index is 383. The van der Waals surface area contributed by atoms with Crippen LogP contribution in [0.4, 0.5) is 0 Å². The minimum Gasteiger partial charge on any atom is -0.352 e.